The number of hydrogen-bond acceptors (Lipinski definition) is 4. The van der Waals surface area contributed by atoms with Crippen LogP contribution < -0.4 is 5.73 Å². The first-order valence-electron chi connectivity index (χ1n) is 3.65. The van der Waals surface area contributed by atoms with Crippen LogP contribution in [0, 0.1) is 10.1 Å². The quantitative estimate of drug-likeness (QED) is 0.580. The van der Waals surface area contributed by atoms with Crippen molar-refractivity contribution < 1.29 is 4.92 Å². The van der Waals surface area contributed by atoms with E-state index < -0.39 is 4.92 Å². The van der Waals surface area contributed by atoms with Crippen LogP contribution in [-0.2, 0) is 0 Å². The first-order valence-corrected chi connectivity index (χ1v) is 4.46. The molecular formula is C7H10N2O2S. The summed E-state index contributed by atoms with van der Waals surface area (Å²) in [7, 11) is 0. The highest BCUT2D eigenvalue weighted by Crippen LogP contribution is 2.28. The Bertz CT molecular complexity index is 285. The Morgan fingerprint density at radius 1 is 1.75 bits per heavy atom. The third kappa shape index (κ3) is 1.80. The second-order valence-corrected chi connectivity index (χ2v) is 3.54. The zero-order valence-corrected chi connectivity index (χ0v) is 7.50. The topological polar surface area (TPSA) is 69.2 Å². The first kappa shape index (κ1) is 9.15. The molecule has 0 saturated carbocycles. The molecule has 0 aliphatic heterocycles. The SMILES string of the molecule is CCC(N)c1ccc([N+](=O)[O-])s1. The number of hydrogen-bond donors (Lipinski definition) is 1. The molecule has 2 N–H and O–H groups in total. The van der Waals surface area contributed by atoms with E-state index in [2.05, 4.69) is 0 Å². The van der Waals surface area contributed by atoms with Crippen LogP contribution >= 0.6 is 11.3 Å². The minimum Gasteiger partial charge on any atom is -0.323 e. The third-order valence-corrected chi connectivity index (χ3v) is 2.77. The summed E-state index contributed by atoms with van der Waals surface area (Å²) in [6, 6.07) is 3.15. The minimum atomic E-state index is -0.392. The summed E-state index contributed by atoms with van der Waals surface area (Å²) in [5.74, 6) is 0. The number of rotatable bonds is 3. The standard InChI is InChI=1S/C7H10N2O2S/c1-2-5(8)6-3-4-7(12-6)9(10)11/h3-5H,2,8H2,1H3. The average molecular weight is 186 g/mol. The van der Waals surface area contributed by atoms with Crippen molar-refractivity contribution in [3.63, 3.8) is 0 Å². The fourth-order valence-electron chi connectivity index (χ4n) is 0.841. The summed E-state index contributed by atoms with van der Waals surface area (Å²) < 4.78 is 0. The van der Waals surface area contributed by atoms with Crippen LogP contribution in [-0.4, -0.2) is 4.92 Å². The van der Waals surface area contributed by atoms with Gasteiger partial charge in [-0.05, 0) is 12.5 Å². The Labute approximate surface area is 74.2 Å². The fourth-order valence-corrected chi connectivity index (χ4v) is 1.75. The zero-order valence-electron chi connectivity index (χ0n) is 6.69. The smallest absolute Gasteiger partial charge is 0.323 e. The molecule has 0 fully saturated rings. The molecule has 0 bridgehead atoms. The molecule has 1 aromatic heterocycles. The average Bonchev–Trinajstić information content (AvgIpc) is 2.51. The Kier molecular flexibility index (Phi) is 2.78. The van der Waals surface area contributed by atoms with Crippen molar-refractivity contribution in [1.82, 2.24) is 0 Å². The van der Waals surface area contributed by atoms with Crippen LogP contribution in [0.5, 0.6) is 0 Å². The molecule has 12 heavy (non-hydrogen) atoms. The van der Waals surface area contributed by atoms with E-state index in [1.165, 1.54) is 6.07 Å². The highest BCUT2D eigenvalue weighted by Gasteiger charge is 2.12. The third-order valence-electron chi connectivity index (χ3n) is 1.60. The van der Waals surface area contributed by atoms with Crippen molar-refractivity contribution in [3.8, 4) is 0 Å². The lowest BCUT2D eigenvalue weighted by molar-refractivity contribution is -0.380. The van der Waals surface area contributed by atoms with Gasteiger partial charge in [0.15, 0.2) is 0 Å². The lowest BCUT2D eigenvalue weighted by Crippen LogP contribution is -2.05. The second-order valence-electron chi connectivity index (χ2n) is 2.45. The van der Waals surface area contributed by atoms with Crippen LogP contribution in [0.2, 0.25) is 0 Å². The van der Waals surface area contributed by atoms with Crippen LogP contribution in [0.3, 0.4) is 0 Å². The van der Waals surface area contributed by atoms with Gasteiger partial charge in [0.05, 0.1) is 4.92 Å². The Morgan fingerprint density at radius 2 is 2.42 bits per heavy atom. The molecule has 0 aliphatic rings. The van der Waals surface area contributed by atoms with E-state index in [9.17, 15) is 10.1 Å². The Morgan fingerprint density at radius 3 is 2.83 bits per heavy atom. The van der Waals surface area contributed by atoms with E-state index in [4.69, 9.17) is 5.73 Å². The maximum absolute atomic E-state index is 10.3. The predicted octanol–water partition coefficient (Wildman–Crippen LogP) is 2.07. The Balaban J connectivity index is 2.84. The van der Waals surface area contributed by atoms with Gasteiger partial charge in [0.2, 0.25) is 0 Å². The van der Waals surface area contributed by atoms with Gasteiger partial charge in [-0.3, -0.25) is 10.1 Å². The van der Waals surface area contributed by atoms with E-state index in [-0.39, 0.29) is 11.0 Å². The zero-order chi connectivity index (χ0) is 9.14. The highest BCUT2D eigenvalue weighted by atomic mass is 32.1. The maximum Gasteiger partial charge on any atom is 0.324 e. The molecule has 4 nitrogen and oxygen atoms in total. The van der Waals surface area contributed by atoms with E-state index >= 15 is 0 Å². The molecular weight excluding hydrogens is 176 g/mol. The van der Waals surface area contributed by atoms with Crippen molar-refractivity contribution in [2.45, 2.75) is 19.4 Å². The highest BCUT2D eigenvalue weighted by molar-refractivity contribution is 7.15. The van der Waals surface area contributed by atoms with E-state index in [1.54, 1.807) is 6.07 Å². The molecule has 1 heterocycles. The van der Waals surface area contributed by atoms with Crippen molar-refractivity contribution in [1.29, 1.82) is 0 Å². The van der Waals surface area contributed by atoms with Gasteiger partial charge >= 0.3 is 5.00 Å². The summed E-state index contributed by atoms with van der Waals surface area (Å²) in [6.07, 6.45) is 0.803. The predicted molar refractivity (Wildman–Crippen MR) is 48.2 cm³/mol. The summed E-state index contributed by atoms with van der Waals surface area (Å²) in [5.41, 5.74) is 5.70. The van der Waals surface area contributed by atoms with Crippen LogP contribution in [0.4, 0.5) is 5.00 Å². The second kappa shape index (κ2) is 3.64. The van der Waals surface area contributed by atoms with Crippen molar-refractivity contribution in [2.75, 3.05) is 0 Å². The number of nitro groups is 1. The molecule has 0 radical (unpaired) electrons. The van der Waals surface area contributed by atoms with Gasteiger partial charge in [0.25, 0.3) is 0 Å². The molecule has 5 heteroatoms. The normalized spacial score (nSPS) is 12.8. The van der Waals surface area contributed by atoms with Crippen LogP contribution in [0.15, 0.2) is 12.1 Å². The lowest BCUT2D eigenvalue weighted by Gasteiger charge is -2.02. The van der Waals surface area contributed by atoms with Gasteiger partial charge in [0.1, 0.15) is 0 Å². The van der Waals surface area contributed by atoms with Crippen LogP contribution in [0.25, 0.3) is 0 Å². The molecule has 1 unspecified atom stereocenters. The number of nitrogens with two attached hydrogens (primary N) is 1. The van der Waals surface area contributed by atoms with Gasteiger partial charge in [-0.2, -0.15) is 0 Å². The first-order chi connectivity index (χ1) is 5.65. The fraction of sp³-hybridized carbons (Fsp3) is 0.429. The Hall–Kier alpha value is -0.940. The molecule has 1 rings (SSSR count). The van der Waals surface area contributed by atoms with Gasteiger partial charge < -0.3 is 5.73 Å². The molecule has 1 atom stereocenters. The largest absolute Gasteiger partial charge is 0.324 e. The molecule has 0 amide bonds. The molecule has 0 aromatic carbocycles. The van der Waals surface area contributed by atoms with Gasteiger partial charge in [-0.1, -0.05) is 18.3 Å². The van der Waals surface area contributed by atoms with Crippen molar-refractivity contribution >= 4 is 16.3 Å². The maximum atomic E-state index is 10.3. The molecule has 0 spiro atoms. The van der Waals surface area contributed by atoms with Gasteiger partial charge in [-0.25, -0.2) is 0 Å². The van der Waals surface area contributed by atoms with Gasteiger partial charge in [-0.15, -0.1) is 0 Å². The molecule has 0 aliphatic carbocycles. The molecule has 0 saturated heterocycles. The molecule has 1 aromatic rings. The summed E-state index contributed by atoms with van der Waals surface area (Å²) in [4.78, 5) is 10.8. The monoisotopic (exact) mass is 186 g/mol. The van der Waals surface area contributed by atoms with E-state index in [1.807, 2.05) is 6.92 Å². The van der Waals surface area contributed by atoms with Crippen molar-refractivity contribution in [3.05, 3.63) is 27.1 Å². The van der Waals surface area contributed by atoms with E-state index in [0.717, 1.165) is 22.6 Å². The van der Waals surface area contributed by atoms with Gasteiger partial charge in [0, 0.05) is 17.0 Å². The lowest BCUT2D eigenvalue weighted by atomic mass is 10.2. The summed E-state index contributed by atoms with van der Waals surface area (Å²) in [6.45, 7) is 1.95. The van der Waals surface area contributed by atoms with Crippen molar-refractivity contribution in [2.24, 2.45) is 5.73 Å². The number of thiophene rings is 1. The molecule has 66 valence electrons. The summed E-state index contributed by atoms with van der Waals surface area (Å²) in [5, 5.41) is 10.5. The van der Waals surface area contributed by atoms with Crippen LogP contribution in [0.1, 0.15) is 24.3 Å². The van der Waals surface area contributed by atoms with E-state index in [0.29, 0.717) is 0 Å². The number of nitrogens with zero attached hydrogens (tertiary/aromatic N) is 1. The summed E-state index contributed by atoms with van der Waals surface area (Å²) >= 11 is 1.15. The minimum absolute atomic E-state index is 0.0660.